The summed E-state index contributed by atoms with van der Waals surface area (Å²) in [7, 11) is 0. The van der Waals surface area contributed by atoms with Crippen molar-refractivity contribution >= 4 is 39.0 Å². The van der Waals surface area contributed by atoms with Crippen molar-refractivity contribution in [2.24, 2.45) is 5.73 Å². The number of amides is 1. The van der Waals surface area contributed by atoms with Gasteiger partial charge in [-0.25, -0.2) is 13.2 Å². The standard InChI is InChI=1S/C24H14F3N2OS/c25-17-8-9-18(26)23(27)16(17)12-29-19-4-1-3-15(24(28)30)22(19)14-7-6-13(11-20(14)29)21-5-2-10-31-21/h1-6,8-11H,12H2,(H2,28,30). The Morgan fingerprint density at radius 1 is 1.03 bits per heavy atom. The molecule has 153 valence electrons. The predicted octanol–water partition coefficient (Wildman–Crippen LogP) is 5.89. The summed E-state index contributed by atoms with van der Waals surface area (Å²) in [5.74, 6) is -3.83. The van der Waals surface area contributed by atoms with E-state index >= 15 is 0 Å². The van der Waals surface area contributed by atoms with Gasteiger partial charge in [-0.2, -0.15) is 0 Å². The van der Waals surface area contributed by atoms with Crippen LogP contribution in [0.4, 0.5) is 13.2 Å². The van der Waals surface area contributed by atoms with Crippen LogP contribution in [0.1, 0.15) is 15.9 Å². The minimum Gasteiger partial charge on any atom is -0.366 e. The third kappa shape index (κ3) is 3.09. The fourth-order valence-corrected chi connectivity index (χ4v) is 4.60. The van der Waals surface area contributed by atoms with E-state index in [0.29, 0.717) is 21.8 Å². The molecule has 2 heterocycles. The molecular formula is C24H14F3N2OS. The van der Waals surface area contributed by atoms with Crippen LogP contribution in [0, 0.1) is 23.5 Å². The number of carbonyl (C=O) groups is 1. The third-order valence-corrected chi connectivity index (χ3v) is 6.24. The first-order valence-corrected chi connectivity index (χ1v) is 10.3. The number of halogens is 3. The summed E-state index contributed by atoms with van der Waals surface area (Å²) < 4.78 is 44.4. The first-order chi connectivity index (χ1) is 15.0. The molecule has 3 nitrogen and oxygen atoms in total. The third-order valence-electron chi connectivity index (χ3n) is 5.32. The van der Waals surface area contributed by atoms with Crippen LogP contribution < -0.4 is 5.73 Å². The van der Waals surface area contributed by atoms with Gasteiger partial charge >= 0.3 is 0 Å². The quantitative estimate of drug-likeness (QED) is 0.352. The highest BCUT2D eigenvalue weighted by molar-refractivity contribution is 7.13. The maximum Gasteiger partial charge on any atom is 0.249 e. The van der Waals surface area contributed by atoms with Gasteiger partial charge in [-0.3, -0.25) is 4.79 Å². The molecule has 1 amide bonds. The molecule has 0 fully saturated rings. The number of rotatable bonds is 4. The lowest BCUT2D eigenvalue weighted by molar-refractivity contribution is 0.100. The van der Waals surface area contributed by atoms with E-state index in [1.165, 1.54) is 0 Å². The van der Waals surface area contributed by atoms with E-state index in [4.69, 9.17) is 5.73 Å². The number of fused-ring (bicyclic) bond motifs is 3. The Balaban J connectivity index is 1.85. The molecule has 31 heavy (non-hydrogen) atoms. The average Bonchev–Trinajstić information content (AvgIpc) is 3.40. The highest BCUT2D eigenvalue weighted by atomic mass is 32.1. The molecule has 0 aliphatic rings. The Kier molecular flexibility index (Phi) is 4.55. The zero-order valence-electron chi connectivity index (χ0n) is 16.0. The van der Waals surface area contributed by atoms with Crippen LogP contribution >= 0.6 is 11.3 Å². The molecule has 1 radical (unpaired) electrons. The second-order valence-electron chi connectivity index (χ2n) is 7.10. The molecule has 0 unspecified atom stereocenters. The van der Waals surface area contributed by atoms with E-state index in [0.717, 1.165) is 22.6 Å². The molecule has 3 aromatic carbocycles. The number of aromatic nitrogens is 1. The molecule has 0 aliphatic heterocycles. The van der Waals surface area contributed by atoms with Crippen LogP contribution in [-0.4, -0.2) is 10.5 Å². The Morgan fingerprint density at radius 3 is 2.58 bits per heavy atom. The van der Waals surface area contributed by atoms with E-state index in [1.54, 1.807) is 40.2 Å². The first-order valence-electron chi connectivity index (χ1n) is 9.38. The Bertz CT molecular complexity index is 1470. The monoisotopic (exact) mass is 435 g/mol. The summed E-state index contributed by atoms with van der Waals surface area (Å²) in [5.41, 5.74) is 7.49. The number of hydrogen-bond acceptors (Lipinski definition) is 2. The van der Waals surface area contributed by atoms with Gasteiger partial charge in [0.2, 0.25) is 5.91 Å². The lowest BCUT2D eigenvalue weighted by atomic mass is 10.0. The van der Waals surface area contributed by atoms with Crippen molar-refractivity contribution in [2.45, 2.75) is 6.54 Å². The summed E-state index contributed by atoms with van der Waals surface area (Å²) in [6.07, 6.45) is 0. The molecule has 2 aromatic heterocycles. The van der Waals surface area contributed by atoms with Crippen LogP contribution in [0.3, 0.4) is 0 Å². The fraction of sp³-hybridized carbons (Fsp3) is 0.0417. The van der Waals surface area contributed by atoms with Gasteiger partial charge in [-0.15, -0.1) is 11.3 Å². The second-order valence-corrected chi connectivity index (χ2v) is 8.05. The van der Waals surface area contributed by atoms with E-state index in [9.17, 15) is 18.0 Å². The number of carbonyl (C=O) groups excluding carboxylic acids is 1. The second kappa shape index (κ2) is 7.28. The fourth-order valence-electron chi connectivity index (χ4n) is 3.89. The molecular weight excluding hydrogens is 421 g/mol. The Labute approximate surface area is 179 Å². The van der Waals surface area contributed by atoms with Crippen LogP contribution in [-0.2, 0) is 6.54 Å². The highest BCUT2D eigenvalue weighted by Gasteiger charge is 2.21. The lowest BCUT2D eigenvalue weighted by Gasteiger charge is -2.11. The molecule has 0 bridgehead atoms. The smallest absolute Gasteiger partial charge is 0.249 e. The van der Waals surface area contributed by atoms with Gasteiger partial charge < -0.3 is 10.3 Å². The number of benzene rings is 3. The van der Waals surface area contributed by atoms with Gasteiger partial charge in [0.1, 0.15) is 5.82 Å². The van der Waals surface area contributed by atoms with Crippen LogP contribution in [0.25, 0.3) is 32.2 Å². The van der Waals surface area contributed by atoms with Crippen molar-refractivity contribution in [2.75, 3.05) is 0 Å². The minimum absolute atomic E-state index is 0.265. The van der Waals surface area contributed by atoms with Gasteiger partial charge in [0, 0.05) is 26.8 Å². The highest BCUT2D eigenvalue weighted by Crippen LogP contribution is 2.36. The van der Waals surface area contributed by atoms with Crippen molar-refractivity contribution < 1.29 is 18.0 Å². The molecule has 0 aliphatic carbocycles. The predicted molar refractivity (Wildman–Crippen MR) is 116 cm³/mol. The minimum atomic E-state index is -1.24. The van der Waals surface area contributed by atoms with Crippen molar-refractivity contribution in [1.82, 2.24) is 4.57 Å². The van der Waals surface area contributed by atoms with Crippen molar-refractivity contribution in [1.29, 1.82) is 0 Å². The van der Waals surface area contributed by atoms with E-state index in [1.807, 2.05) is 23.6 Å². The normalized spacial score (nSPS) is 11.5. The zero-order valence-corrected chi connectivity index (χ0v) is 16.8. The van der Waals surface area contributed by atoms with Gasteiger partial charge in [0.05, 0.1) is 17.6 Å². The van der Waals surface area contributed by atoms with E-state index < -0.39 is 28.9 Å². The van der Waals surface area contributed by atoms with Crippen molar-refractivity contribution in [3.63, 3.8) is 0 Å². The molecule has 5 rings (SSSR count). The molecule has 5 aromatic rings. The number of hydrogen-bond donors (Lipinski definition) is 1. The maximum atomic E-state index is 14.5. The Hall–Kier alpha value is -3.58. The van der Waals surface area contributed by atoms with Gasteiger partial charge in [-0.1, -0.05) is 12.1 Å². The van der Waals surface area contributed by atoms with Gasteiger partial charge in [0.15, 0.2) is 11.6 Å². The SMILES string of the molecule is NC(=O)c1cccc2c1c1[c]cc(-c3cccs3)cc1n2Cc1c(F)ccc(F)c1F. The first kappa shape index (κ1) is 19.4. The number of primary amides is 1. The summed E-state index contributed by atoms with van der Waals surface area (Å²) in [5, 5.41) is 3.08. The van der Waals surface area contributed by atoms with Crippen LogP contribution in [0.5, 0.6) is 0 Å². The summed E-state index contributed by atoms with van der Waals surface area (Å²) in [6, 6.07) is 17.4. The number of nitrogens with zero attached hydrogens (tertiary/aromatic N) is 1. The van der Waals surface area contributed by atoms with Crippen molar-refractivity contribution in [3.05, 3.63) is 94.6 Å². The topological polar surface area (TPSA) is 48.0 Å². The molecule has 2 N–H and O–H groups in total. The Morgan fingerprint density at radius 2 is 1.84 bits per heavy atom. The van der Waals surface area contributed by atoms with Crippen molar-refractivity contribution in [3.8, 4) is 10.4 Å². The van der Waals surface area contributed by atoms with E-state index in [2.05, 4.69) is 6.07 Å². The largest absolute Gasteiger partial charge is 0.366 e. The summed E-state index contributed by atoms with van der Waals surface area (Å²) in [6.45, 7) is -0.265. The molecule has 0 saturated heterocycles. The zero-order chi connectivity index (χ0) is 21.7. The van der Waals surface area contributed by atoms with E-state index in [-0.39, 0.29) is 12.1 Å². The van der Waals surface area contributed by atoms with Gasteiger partial charge in [0.25, 0.3) is 0 Å². The average molecular weight is 435 g/mol. The molecule has 0 saturated carbocycles. The summed E-state index contributed by atoms with van der Waals surface area (Å²) >= 11 is 1.54. The maximum absolute atomic E-state index is 14.5. The molecule has 0 spiro atoms. The summed E-state index contributed by atoms with van der Waals surface area (Å²) in [4.78, 5) is 13.1. The number of thiophene rings is 1. The lowest BCUT2D eigenvalue weighted by Crippen LogP contribution is -2.11. The van der Waals surface area contributed by atoms with Crippen LogP contribution in [0.2, 0.25) is 0 Å². The van der Waals surface area contributed by atoms with Crippen LogP contribution in [0.15, 0.2) is 60.0 Å². The number of nitrogens with two attached hydrogens (primary N) is 1. The van der Waals surface area contributed by atoms with Gasteiger partial charge in [-0.05, 0) is 59.5 Å². The molecule has 0 atom stereocenters. The molecule has 7 heteroatoms.